The molecular formula is C24H24ClNO2. The molecule has 0 spiro atoms. The van der Waals surface area contributed by atoms with Crippen LogP contribution >= 0.6 is 11.6 Å². The fraction of sp³-hybridized carbons (Fsp3) is 0.375. The number of carbonyl (C=O) groups is 1. The van der Waals surface area contributed by atoms with E-state index in [1.807, 2.05) is 24.3 Å². The average Bonchev–Trinajstić information content (AvgIpc) is 3.16. The molecular weight excluding hydrogens is 370 g/mol. The smallest absolute Gasteiger partial charge is 0.308 e. The summed E-state index contributed by atoms with van der Waals surface area (Å²) in [5.74, 6) is 6.43. The number of benzene rings is 2. The number of esters is 1. The summed E-state index contributed by atoms with van der Waals surface area (Å²) in [6.45, 7) is 1.91. The summed E-state index contributed by atoms with van der Waals surface area (Å²) in [5.41, 5.74) is 4.70. The molecule has 0 aromatic heterocycles. The van der Waals surface area contributed by atoms with E-state index in [0.29, 0.717) is 11.1 Å². The van der Waals surface area contributed by atoms with Crippen molar-refractivity contribution < 1.29 is 9.53 Å². The lowest BCUT2D eigenvalue weighted by atomic mass is 9.94. The molecule has 1 atom stereocenters. The highest BCUT2D eigenvalue weighted by Gasteiger charge is 2.33. The third-order valence-electron chi connectivity index (χ3n) is 5.91. The van der Waals surface area contributed by atoms with E-state index in [4.69, 9.17) is 16.3 Å². The first-order chi connectivity index (χ1) is 13.7. The van der Waals surface area contributed by atoms with Gasteiger partial charge in [0.25, 0.3) is 0 Å². The van der Waals surface area contributed by atoms with Gasteiger partial charge in [-0.1, -0.05) is 41.6 Å². The van der Waals surface area contributed by atoms with Crippen molar-refractivity contribution in [1.82, 2.24) is 4.90 Å². The van der Waals surface area contributed by atoms with Gasteiger partial charge in [0.1, 0.15) is 0 Å². The van der Waals surface area contributed by atoms with Crippen LogP contribution in [0.15, 0.2) is 42.5 Å². The third-order valence-corrected chi connectivity index (χ3v) is 6.24. The highest BCUT2D eigenvalue weighted by Crippen LogP contribution is 2.38. The Morgan fingerprint density at radius 1 is 1.11 bits per heavy atom. The van der Waals surface area contributed by atoms with Gasteiger partial charge in [-0.3, -0.25) is 9.69 Å². The van der Waals surface area contributed by atoms with Crippen molar-refractivity contribution in [3.8, 4) is 11.8 Å². The molecule has 0 saturated carbocycles. The average molecular weight is 394 g/mol. The fourth-order valence-electron chi connectivity index (χ4n) is 4.37. The van der Waals surface area contributed by atoms with Crippen molar-refractivity contribution in [3.63, 3.8) is 0 Å². The molecule has 3 nitrogen and oxygen atoms in total. The number of carbonyl (C=O) groups excluding carboxylic acids is 1. The molecule has 28 heavy (non-hydrogen) atoms. The first-order valence-electron chi connectivity index (χ1n) is 9.87. The number of likely N-dealkylation sites (tertiary alicyclic amines) is 1. The van der Waals surface area contributed by atoms with Crippen molar-refractivity contribution in [2.24, 2.45) is 5.92 Å². The standard InChI is InChI=1S/C24H24ClNO2/c1-28-24(27)19-12-14-26(15-13-19)23-11-9-20-16-17(7-10-21(20)23)6-8-18-4-2-3-5-22(18)25/h2-5,7,10,16,19,23H,9,11-15H2,1H3. The van der Waals surface area contributed by atoms with E-state index >= 15 is 0 Å². The molecule has 1 unspecified atom stereocenters. The van der Waals surface area contributed by atoms with Gasteiger partial charge in [-0.25, -0.2) is 0 Å². The molecule has 0 radical (unpaired) electrons. The van der Waals surface area contributed by atoms with Crippen LogP contribution in [0.2, 0.25) is 5.02 Å². The van der Waals surface area contributed by atoms with E-state index in [2.05, 4.69) is 34.9 Å². The summed E-state index contributed by atoms with van der Waals surface area (Å²) in [7, 11) is 1.48. The predicted octanol–water partition coefficient (Wildman–Crippen LogP) is 4.61. The Bertz CT molecular complexity index is 935. The number of methoxy groups -OCH3 is 1. The predicted molar refractivity (Wildman–Crippen MR) is 111 cm³/mol. The number of fused-ring (bicyclic) bond motifs is 1. The molecule has 1 fully saturated rings. The van der Waals surface area contributed by atoms with Gasteiger partial charge < -0.3 is 4.74 Å². The topological polar surface area (TPSA) is 29.5 Å². The summed E-state index contributed by atoms with van der Waals surface area (Å²) >= 11 is 6.19. The summed E-state index contributed by atoms with van der Waals surface area (Å²) in [5, 5.41) is 0.687. The zero-order chi connectivity index (χ0) is 19.5. The van der Waals surface area contributed by atoms with Crippen molar-refractivity contribution in [2.75, 3.05) is 20.2 Å². The van der Waals surface area contributed by atoms with Crippen LogP contribution in [0.3, 0.4) is 0 Å². The van der Waals surface area contributed by atoms with E-state index < -0.39 is 0 Å². The monoisotopic (exact) mass is 393 g/mol. The third kappa shape index (κ3) is 3.94. The Balaban J connectivity index is 1.46. The quantitative estimate of drug-likeness (QED) is 0.551. The number of nitrogens with zero attached hydrogens (tertiary/aromatic N) is 1. The van der Waals surface area contributed by atoms with Crippen LogP contribution in [0.5, 0.6) is 0 Å². The SMILES string of the molecule is COC(=O)C1CCN(C2CCc3cc(C#Cc4ccccc4Cl)ccc32)CC1. The number of ether oxygens (including phenoxy) is 1. The van der Waals surface area contributed by atoms with E-state index in [1.54, 1.807) is 0 Å². The van der Waals surface area contributed by atoms with Gasteiger partial charge in [-0.15, -0.1) is 0 Å². The van der Waals surface area contributed by atoms with Crippen LogP contribution in [0, 0.1) is 17.8 Å². The first-order valence-corrected chi connectivity index (χ1v) is 10.2. The van der Waals surface area contributed by atoms with Crippen LogP contribution in [-0.2, 0) is 16.0 Å². The number of piperidine rings is 1. The second kappa shape index (κ2) is 8.39. The first kappa shape index (κ1) is 19.1. The number of aryl methyl sites for hydroxylation is 1. The molecule has 1 aliphatic carbocycles. The lowest BCUT2D eigenvalue weighted by Crippen LogP contribution is -2.38. The van der Waals surface area contributed by atoms with Crippen molar-refractivity contribution >= 4 is 17.6 Å². The minimum absolute atomic E-state index is 0.0598. The molecule has 1 heterocycles. The largest absolute Gasteiger partial charge is 0.469 e. The second-order valence-electron chi connectivity index (χ2n) is 7.53. The molecule has 4 rings (SSSR count). The molecule has 1 aliphatic heterocycles. The van der Waals surface area contributed by atoms with Crippen LogP contribution in [0.4, 0.5) is 0 Å². The highest BCUT2D eigenvalue weighted by molar-refractivity contribution is 6.31. The molecule has 2 aromatic carbocycles. The van der Waals surface area contributed by atoms with Crippen LogP contribution in [0.25, 0.3) is 0 Å². The van der Waals surface area contributed by atoms with Gasteiger partial charge in [0.2, 0.25) is 0 Å². The van der Waals surface area contributed by atoms with Crippen LogP contribution < -0.4 is 0 Å². The molecule has 4 heteroatoms. The lowest BCUT2D eigenvalue weighted by molar-refractivity contribution is -0.147. The van der Waals surface area contributed by atoms with Gasteiger partial charge in [-0.05, 0) is 74.2 Å². The minimum atomic E-state index is -0.0618. The highest BCUT2D eigenvalue weighted by atomic mass is 35.5. The molecule has 2 aromatic rings. The maximum atomic E-state index is 11.8. The summed E-state index contributed by atoms with van der Waals surface area (Å²) in [6, 6.07) is 14.7. The van der Waals surface area contributed by atoms with Crippen LogP contribution in [-0.4, -0.2) is 31.1 Å². The molecule has 1 saturated heterocycles. The van der Waals surface area contributed by atoms with Crippen molar-refractivity contribution in [1.29, 1.82) is 0 Å². The fourth-order valence-corrected chi connectivity index (χ4v) is 4.55. The van der Waals surface area contributed by atoms with E-state index in [-0.39, 0.29) is 11.9 Å². The molecule has 0 amide bonds. The Labute approximate surface area is 171 Å². The lowest BCUT2D eigenvalue weighted by Gasteiger charge is -2.35. The maximum absolute atomic E-state index is 11.8. The second-order valence-corrected chi connectivity index (χ2v) is 7.94. The van der Waals surface area contributed by atoms with Gasteiger partial charge >= 0.3 is 5.97 Å². The molecule has 2 aliphatic rings. The Hall–Kier alpha value is -2.28. The zero-order valence-corrected chi connectivity index (χ0v) is 16.8. The van der Waals surface area contributed by atoms with Crippen molar-refractivity contribution in [2.45, 2.75) is 31.7 Å². The van der Waals surface area contributed by atoms with Gasteiger partial charge in [0.15, 0.2) is 0 Å². The normalized spacial score (nSPS) is 19.6. The number of hydrogen-bond acceptors (Lipinski definition) is 3. The maximum Gasteiger partial charge on any atom is 0.308 e. The number of rotatable bonds is 2. The van der Waals surface area contributed by atoms with Gasteiger partial charge in [0, 0.05) is 17.2 Å². The van der Waals surface area contributed by atoms with E-state index in [0.717, 1.165) is 49.9 Å². The Morgan fingerprint density at radius 2 is 1.89 bits per heavy atom. The van der Waals surface area contributed by atoms with Gasteiger partial charge in [0.05, 0.1) is 18.1 Å². The summed E-state index contributed by atoms with van der Waals surface area (Å²) in [6.07, 6.45) is 4.00. The summed E-state index contributed by atoms with van der Waals surface area (Å²) < 4.78 is 4.90. The van der Waals surface area contributed by atoms with Crippen LogP contribution in [0.1, 0.15) is 47.6 Å². The van der Waals surface area contributed by atoms with E-state index in [1.165, 1.54) is 18.2 Å². The molecule has 0 bridgehead atoms. The van der Waals surface area contributed by atoms with Crippen molar-refractivity contribution in [3.05, 3.63) is 69.7 Å². The zero-order valence-electron chi connectivity index (χ0n) is 16.1. The number of halogens is 1. The van der Waals surface area contributed by atoms with Gasteiger partial charge in [-0.2, -0.15) is 0 Å². The Morgan fingerprint density at radius 3 is 2.64 bits per heavy atom. The van der Waals surface area contributed by atoms with E-state index in [9.17, 15) is 4.79 Å². The minimum Gasteiger partial charge on any atom is -0.469 e. The molecule has 144 valence electrons. The molecule has 0 N–H and O–H groups in total. The summed E-state index contributed by atoms with van der Waals surface area (Å²) in [4.78, 5) is 14.3. The number of hydrogen-bond donors (Lipinski definition) is 0. The Kier molecular flexibility index (Phi) is 5.71.